The van der Waals surface area contributed by atoms with Crippen LogP contribution >= 0.6 is 0 Å². The van der Waals surface area contributed by atoms with Gasteiger partial charge in [-0.2, -0.15) is 0 Å². The summed E-state index contributed by atoms with van der Waals surface area (Å²) in [5, 5.41) is 2.84. The Morgan fingerprint density at radius 2 is 2.22 bits per heavy atom. The Bertz CT molecular complexity index is 562. The van der Waals surface area contributed by atoms with E-state index < -0.39 is 0 Å². The van der Waals surface area contributed by atoms with Gasteiger partial charge in [-0.05, 0) is 5.92 Å². The van der Waals surface area contributed by atoms with Crippen molar-refractivity contribution in [2.45, 2.75) is 20.4 Å². The fourth-order valence-electron chi connectivity index (χ4n) is 1.54. The molecule has 2 rings (SSSR count). The second-order valence-corrected chi connectivity index (χ2v) is 4.50. The number of nitrogens with zero attached hydrogens (tertiary/aromatic N) is 4. The van der Waals surface area contributed by atoms with E-state index in [1.165, 1.54) is 6.33 Å². The minimum atomic E-state index is -0.0693. The van der Waals surface area contributed by atoms with E-state index in [2.05, 4.69) is 20.3 Å². The number of carbonyl (C=O) groups is 1. The van der Waals surface area contributed by atoms with Crippen molar-refractivity contribution in [3.63, 3.8) is 0 Å². The van der Waals surface area contributed by atoms with Crippen LogP contribution in [0, 0.1) is 5.92 Å². The van der Waals surface area contributed by atoms with Crippen LogP contribution in [0.25, 0.3) is 11.2 Å². The molecule has 18 heavy (non-hydrogen) atoms. The number of nitrogens with two attached hydrogens (primary N) is 1. The molecule has 0 aromatic carbocycles. The first kappa shape index (κ1) is 12.3. The first-order valence-corrected chi connectivity index (χ1v) is 5.76. The monoisotopic (exact) mass is 248 g/mol. The van der Waals surface area contributed by atoms with Crippen molar-refractivity contribution in [3.05, 3.63) is 12.7 Å². The highest BCUT2D eigenvalue weighted by Gasteiger charge is 2.10. The number of nitrogens with one attached hydrogen (secondary N) is 1. The van der Waals surface area contributed by atoms with Crippen LogP contribution in [0.1, 0.15) is 13.8 Å². The van der Waals surface area contributed by atoms with E-state index in [4.69, 9.17) is 5.73 Å². The van der Waals surface area contributed by atoms with Crippen LogP contribution < -0.4 is 11.1 Å². The molecular weight excluding hydrogens is 232 g/mol. The highest BCUT2D eigenvalue weighted by atomic mass is 16.1. The Hall–Kier alpha value is -2.18. The van der Waals surface area contributed by atoms with Crippen molar-refractivity contribution in [3.8, 4) is 0 Å². The van der Waals surface area contributed by atoms with Crippen LogP contribution in [0.3, 0.4) is 0 Å². The zero-order valence-corrected chi connectivity index (χ0v) is 10.4. The molecule has 0 saturated carbocycles. The molecule has 7 heteroatoms. The van der Waals surface area contributed by atoms with Crippen molar-refractivity contribution in [2.75, 3.05) is 12.3 Å². The number of imidazole rings is 1. The lowest BCUT2D eigenvalue weighted by molar-refractivity contribution is -0.121. The number of anilines is 1. The minimum Gasteiger partial charge on any atom is -0.382 e. The van der Waals surface area contributed by atoms with Gasteiger partial charge in [-0.25, -0.2) is 15.0 Å². The second kappa shape index (κ2) is 4.99. The van der Waals surface area contributed by atoms with Gasteiger partial charge in [0.2, 0.25) is 5.91 Å². The van der Waals surface area contributed by atoms with Crippen LogP contribution in [0.5, 0.6) is 0 Å². The molecular formula is C11H16N6O. The van der Waals surface area contributed by atoms with E-state index in [1.807, 2.05) is 13.8 Å². The van der Waals surface area contributed by atoms with Gasteiger partial charge in [-0.3, -0.25) is 4.79 Å². The van der Waals surface area contributed by atoms with Gasteiger partial charge in [0.15, 0.2) is 11.5 Å². The summed E-state index contributed by atoms with van der Waals surface area (Å²) in [5.41, 5.74) is 6.77. The lowest BCUT2D eigenvalue weighted by Gasteiger charge is -2.08. The van der Waals surface area contributed by atoms with Gasteiger partial charge in [-0.15, -0.1) is 0 Å². The first-order chi connectivity index (χ1) is 8.58. The maximum Gasteiger partial charge on any atom is 0.240 e. The number of carbonyl (C=O) groups excluding carboxylic acids is 1. The van der Waals surface area contributed by atoms with E-state index in [1.54, 1.807) is 10.9 Å². The Kier molecular flexibility index (Phi) is 3.40. The lowest BCUT2D eigenvalue weighted by atomic mass is 10.2. The summed E-state index contributed by atoms with van der Waals surface area (Å²) in [5.74, 6) is 0.674. The molecule has 0 aliphatic rings. The zero-order valence-electron chi connectivity index (χ0n) is 10.4. The third-order valence-electron chi connectivity index (χ3n) is 2.45. The fourth-order valence-corrected chi connectivity index (χ4v) is 1.54. The Morgan fingerprint density at radius 1 is 1.44 bits per heavy atom. The largest absolute Gasteiger partial charge is 0.382 e. The summed E-state index contributed by atoms with van der Waals surface area (Å²) < 4.78 is 1.66. The summed E-state index contributed by atoms with van der Waals surface area (Å²) in [6.45, 7) is 4.92. The molecule has 0 saturated heterocycles. The highest BCUT2D eigenvalue weighted by Crippen LogP contribution is 2.13. The van der Waals surface area contributed by atoms with E-state index in [0.29, 0.717) is 29.4 Å². The molecule has 2 aromatic rings. The average molecular weight is 248 g/mol. The van der Waals surface area contributed by atoms with Crippen LogP contribution in [0.2, 0.25) is 0 Å². The molecule has 2 aromatic heterocycles. The number of fused-ring (bicyclic) bond motifs is 1. The summed E-state index contributed by atoms with van der Waals surface area (Å²) in [6, 6.07) is 0. The van der Waals surface area contributed by atoms with Gasteiger partial charge in [0.25, 0.3) is 0 Å². The van der Waals surface area contributed by atoms with Crippen molar-refractivity contribution >= 4 is 22.9 Å². The van der Waals surface area contributed by atoms with Crippen molar-refractivity contribution in [1.82, 2.24) is 24.8 Å². The van der Waals surface area contributed by atoms with Crippen LogP contribution in [-0.2, 0) is 11.3 Å². The second-order valence-electron chi connectivity index (χ2n) is 4.50. The molecule has 3 N–H and O–H groups in total. The molecule has 0 unspecified atom stereocenters. The van der Waals surface area contributed by atoms with Gasteiger partial charge in [0.05, 0.1) is 6.33 Å². The molecule has 0 aliphatic carbocycles. The van der Waals surface area contributed by atoms with Gasteiger partial charge >= 0.3 is 0 Å². The average Bonchev–Trinajstić information content (AvgIpc) is 2.72. The molecule has 7 nitrogen and oxygen atoms in total. The molecule has 96 valence electrons. The summed E-state index contributed by atoms with van der Waals surface area (Å²) in [6.07, 6.45) is 2.91. The Balaban J connectivity index is 2.12. The van der Waals surface area contributed by atoms with E-state index >= 15 is 0 Å². The number of hydrogen-bond acceptors (Lipinski definition) is 5. The summed E-state index contributed by atoms with van der Waals surface area (Å²) >= 11 is 0. The number of nitrogen functional groups attached to an aromatic ring is 1. The fraction of sp³-hybridized carbons (Fsp3) is 0.455. The van der Waals surface area contributed by atoms with Crippen molar-refractivity contribution < 1.29 is 4.79 Å². The van der Waals surface area contributed by atoms with E-state index in [-0.39, 0.29) is 12.5 Å². The Morgan fingerprint density at radius 3 is 2.94 bits per heavy atom. The molecule has 0 bridgehead atoms. The standard InChI is InChI=1S/C11H16N6O/c1-7(2)3-13-8(18)4-17-6-16-9-10(12)14-5-15-11(9)17/h5-7H,3-4H2,1-2H3,(H,13,18)(H2,12,14,15). The van der Waals surface area contributed by atoms with E-state index in [0.717, 1.165) is 0 Å². The third kappa shape index (κ3) is 2.55. The van der Waals surface area contributed by atoms with Crippen molar-refractivity contribution in [2.24, 2.45) is 5.92 Å². The molecule has 0 radical (unpaired) electrons. The zero-order chi connectivity index (χ0) is 13.1. The normalized spacial score (nSPS) is 11.1. The number of aromatic nitrogens is 4. The van der Waals surface area contributed by atoms with Gasteiger partial charge in [0, 0.05) is 6.54 Å². The first-order valence-electron chi connectivity index (χ1n) is 5.76. The number of hydrogen-bond donors (Lipinski definition) is 2. The third-order valence-corrected chi connectivity index (χ3v) is 2.45. The predicted octanol–water partition coefficient (Wildman–Crippen LogP) is 0.181. The quantitative estimate of drug-likeness (QED) is 0.804. The van der Waals surface area contributed by atoms with Gasteiger partial charge in [0.1, 0.15) is 18.4 Å². The topological polar surface area (TPSA) is 98.7 Å². The maximum absolute atomic E-state index is 11.7. The van der Waals surface area contributed by atoms with Crippen LogP contribution in [0.4, 0.5) is 5.82 Å². The molecule has 0 aliphatic heterocycles. The molecule has 1 amide bonds. The van der Waals surface area contributed by atoms with Crippen LogP contribution in [-0.4, -0.2) is 32.0 Å². The SMILES string of the molecule is CC(C)CNC(=O)Cn1cnc2c(N)ncnc21. The van der Waals surface area contributed by atoms with Crippen molar-refractivity contribution in [1.29, 1.82) is 0 Å². The minimum absolute atomic E-state index is 0.0693. The summed E-state index contributed by atoms with van der Waals surface area (Å²) in [4.78, 5) is 23.7. The van der Waals surface area contributed by atoms with Gasteiger partial charge < -0.3 is 15.6 Å². The highest BCUT2D eigenvalue weighted by molar-refractivity contribution is 5.83. The Labute approximate surface area is 104 Å². The smallest absolute Gasteiger partial charge is 0.240 e. The predicted molar refractivity (Wildman–Crippen MR) is 67.6 cm³/mol. The maximum atomic E-state index is 11.7. The number of amides is 1. The van der Waals surface area contributed by atoms with E-state index in [9.17, 15) is 4.79 Å². The lowest BCUT2D eigenvalue weighted by Crippen LogP contribution is -2.30. The molecule has 0 spiro atoms. The molecule has 0 fully saturated rings. The summed E-state index contributed by atoms with van der Waals surface area (Å²) in [7, 11) is 0. The van der Waals surface area contributed by atoms with Gasteiger partial charge in [-0.1, -0.05) is 13.8 Å². The molecule has 2 heterocycles. The number of rotatable bonds is 4. The van der Waals surface area contributed by atoms with Crippen LogP contribution in [0.15, 0.2) is 12.7 Å². The molecule has 0 atom stereocenters.